The number of hydrogen-bond donors (Lipinski definition) is 1. The molecule has 0 heterocycles. The van der Waals surface area contributed by atoms with Gasteiger partial charge in [-0.1, -0.05) is 25.4 Å². The molecule has 0 aromatic heterocycles. The fourth-order valence-corrected chi connectivity index (χ4v) is 1.38. The van der Waals surface area contributed by atoms with Gasteiger partial charge in [0.15, 0.2) is 0 Å². The normalized spacial score (nSPS) is 10.5. The predicted octanol–water partition coefficient (Wildman–Crippen LogP) is 3.05. The molecule has 0 spiro atoms. The van der Waals surface area contributed by atoms with E-state index in [-0.39, 0.29) is 0 Å². The average molecular weight is 200 g/mol. The fraction of sp³-hybridized carbons (Fsp3) is 0.400. The van der Waals surface area contributed by atoms with Crippen molar-refractivity contribution in [2.45, 2.75) is 19.8 Å². The van der Waals surface area contributed by atoms with Crippen LogP contribution >= 0.6 is 11.6 Å². The first-order chi connectivity index (χ1) is 6.06. The van der Waals surface area contributed by atoms with E-state index < -0.39 is 0 Å². The lowest BCUT2D eigenvalue weighted by Crippen LogP contribution is -1.97. The van der Waals surface area contributed by atoms with Crippen LogP contribution in [0.2, 0.25) is 5.02 Å². The van der Waals surface area contributed by atoms with Gasteiger partial charge in [0, 0.05) is 6.07 Å². The molecule has 3 heteroatoms. The zero-order valence-corrected chi connectivity index (χ0v) is 8.85. The minimum atomic E-state index is 0.382. The Hall–Kier alpha value is -0.890. The van der Waals surface area contributed by atoms with Gasteiger partial charge in [0.1, 0.15) is 5.75 Å². The number of rotatable bonds is 2. The molecule has 0 saturated carbocycles. The maximum Gasteiger partial charge on any atom is 0.124 e. The number of methoxy groups -OCH3 is 1. The van der Waals surface area contributed by atoms with Crippen molar-refractivity contribution in [1.29, 1.82) is 0 Å². The Labute approximate surface area is 83.6 Å². The molecule has 2 nitrogen and oxygen atoms in total. The quantitative estimate of drug-likeness (QED) is 0.744. The molecule has 0 bridgehead atoms. The van der Waals surface area contributed by atoms with Gasteiger partial charge in [-0.15, -0.1) is 0 Å². The lowest BCUT2D eigenvalue weighted by molar-refractivity contribution is 0.408. The molecular formula is C10H14ClNO. The summed E-state index contributed by atoms with van der Waals surface area (Å²) >= 11 is 5.91. The Balaban J connectivity index is 3.25. The maximum absolute atomic E-state index is 5.91. The molecule has 0 aliphatic rings. The highest BCUT2D eigenvalue weighted by molar-refractivity contribution is 6.33. The third kappa shape index (κ3) is 2.07. The zero-order chi connectivity index (χ0) is 10.0. The topological polar surface area (TPSA) is 35.2 Å². The second kappa shape index (κ2) is 3.88. The van der Waals surface area contributed by atoms with Crippen LogP contribution in [0, 0.1) is 0 Å². The second-order valence-corrected chi connectivity index (χ2v) is 3.68. The van der Waals surface area contributed by atoms with Crippen LogP contribution in [0.4, 0.5) is 5.69 Å². The maximum atomic E-state index is 5.91. The summed E-state index contributed by atoms with van der Waals surface area (Å²) in [5.41, 5.74) is 7.30. The van der Waals surface area contributed by atoms with Gasteiger partial charge in [0.25, 0.3) is 0 Å². The highest BCUT2D eigenvalue weighted by atomic mass is 35.5. The van der Waals surface area contributed by atoms with Crippen LogP contribution in [0.25, 0.3) is 0 Å². The first kappa shape index (κ1) is 10.2. The summed E-state index contributed by atoms with van der Waals surface area (Å²) in [5, 5.41) is 0.588. The number of hydrogen-bond acceptors (Lipinski definition) is 2. The molecule has 0 unspecified atom stereocenters. The number of benzene rings is 1. The van der Waals surface area contributed by atoms with Gasteiger partial charge in [0.2, 0.25) is 0 Å². The Morgan fingerprint density at radius 1 is 1.38 bits per heavy atom. The summed E-state index contributed by atoms with van der Waals surface area (Å²) < 4.78 is 5.20. The monoisotopic (exact) mass is 199 g/mol. The van der Waals surface area contributed by atoms with Crippen molar-refractivity contribution >= 4 is 17.3 Å². The molecule has 2 N–H and O–H groups in total. The highest BCUT2D eigenvalue weighted by Crippen LogP contribution is 2.33. The Morgan fingerprint density at radius 3 is 2.46 bits per heavy atom. The van der Waals surface area contributed by atoms with E-state index in [0.717, 1.165) is 11.3 Å². The minimum Gasteiger partial charge on any atom is -0.496 e. The summed E-state index contributed by atoms with van der Waals surface area (Å²) in [6.07, 6.45) is 0. The summed E-state index contributed by atoms with van der Waals surface area (Å²) in [6, 6.07) is 3.62. The Kier molecular flexibility index (Phi) is 3.04. The molecule has 0 aliphatic heterocycles. The molecule has 0 atom stereocenters. The van der Waals surface area contributed by atoms with Crippen LogP contribution in [-0.4, -0.2) is 7.11 Å². The number of nitrogen functional groups attached to an aromatic ring is 1. The summed E-state index contributed by atoms with van der Waals surface area (Å²) in [5.74, 6) is 1.19. The molecule has 0 aliphatic carbocycles. The molecule has 1 rings (SSSR count). The van der Waals surface area contributed by atoms with Crippen molar-refractivity contribution in [1.82, 2.24) is 0 Å². The number of halogens is 1. The van der Waals surface area contributed by atoms with Gasteiger partial charge in [-0.2, -0.15) is 0 Å². The van der Waals surface area contributed by atoms with Gasteiger partial charge in [-0.05, 0) is 17.5 Å². The molecule has 1 aromatic carbocycles. The van der Waals surface area contributed by atoms with E-state index in [0.29, 0.717) is 16.6 Å². The molecule has 0 radical (unpaired) electrons. The third-order valence-electron chi connectivity index (χ3n) is 1.97. The van der Waals surface area contributed by atoms with Crippen LogP contribution in [0.15, 0.2) is 12.1 Å². The first-order valence-corrected chi connectivity index (χ1v) is 4.57. The van der Waals surface area contributed by atoms with E-state index in [1.54, 1.807) is 13.2 Å². The largest absolute Gasteiger partial charge is 0.496 e. The van der Waals surface area contributed by atoms with Crippen LogP contribution in [0.1, 0.15) is 25.3 Å². The molecule has 72 valence electrons. The van der Waals surface area contributed by atoms with Gasteiger partial charge in [0.05, 0.1) is 17.8 Å². The van der Waals surface area contributed by atoms with E-state index >= 15 is 0 Å². The SMILES string of the molecule is COc1cc(N)c(Cl)cc1C(C)C. The third-order valence-corrected chi connectivity index (χ3v) is 2.30. The first-order valence-electron chi connectivity index (χ1n) is 4.19. The van der Waals surface area contributed by atoms with Gasteiger partial charge in [-0.3, -0.25) is 0 Å². The van der Waals surface area contributed by atoms with Crippen molar-refractivity contribution in [3.63, 3.8) is 0 Å². The number of nitrogens with two attached hydrogens (primary N) is 1. The lowest BCUT2D eigenvalue weighted by atomic mass is 10.0. The minimum absolute atomic E-state index is 0.382. The van der Waals surface area contributed by atoms with Crippen LogP contribution < -0.4 is 10.5 Å². The van der Waals surface area contributed by atoms with Crippen LogP contribution in [0.5, 0.6) is 5.75 Å². The molecule has 13 heavy (non-hydrogen) atoms. The van der Waals surface area contributed by atoms with E-state index in [1.165, 1.54) is 0 Å². The lowest BCUT2D eigenvalue weighted by Gasteiger charge is -2.13. The molecular weight excluding hydrogens is 186 g/mol. The van der Waals surface area contributed by atoms with Crippen molar-refractivity contribution in [3.05, 3.63) is 22.7 Å². The predicted molar refractivity (Wildman–Crippen MR) is 56.5 cm³/mol. The van der Waals surface area contributed by atoms with Crippen LogP contribution in [0.3, 0.4) is 0 Å². The molecule has 0 amide bonds. The Morgan fingerprint density at radius 2 is 2.00 bits per heavy atom. The zero-order valence-electron chi connectivity index (χ0n) is 8.10. The molecule has 1 aromatic rings. The van der Waals surface area contributed by atoms with E-state index in [2.05, 4.69) is 13.8 Å². The van der Waals surface area contributed by atoms with Gasteiger partial charge < -0.3 is 10.5 Å². The molecule has 0 saturated heterocycles. The average Bonchev–Trinajstić information content (AvgIpc) is 2.08. The fourth-order valence-electron chi connectivity index (χ4n) is 1.21. The number of ether oxygens (including phenoxy) is 1. The standard InChI is InChI=1S/C10H14ClNO/c1-6(2)7-4-8(11)9(12)5-10(7)13-3/h4-6H,12H2,1-3H3. The number of anilines is 1. The van der Waals surface area contributed by atoms with Gasteiger partial charge >= 0.3 is 0 Å². The van der Waals surface area contributed by atoms with Crippen molar-refractivity contribution in [2.24, 2.45) is 0 Å². The van der Waals surface area contributed by atoms with Crippen LogP contribution in [-0.2, 0) is 0 Å². The van der Waals surface area contributed by atoms with E-state index in [9.17, 15) is 0 Å². The summed E-state index contributed by atoms with van der Waals surface area (Å²) in [7, 11) is 1.63. The Bertz CT molecular complexity index is 310. The molecule has 0 fully saturated rings. The van der Waals surface area contributed by atoms with Crippen molar-refractivity contribution in [2.75, 3.05) is 12.8 Å². The van der Waals surface area contributed by atoms with E-state index in [1.807, 2.05) is 6.07 Å². The second-order valence-electron chi connectivity index (χ2n) is 3.27. The van der Waals surface area contributed by atoms with Gasteiger partial charge in [-0.25, -0.2) is 0 Å². The highest BCUT2D eigenvalue weighted by Gasteiger charge is 2.09. The summed E-state index contributed by atoms with van der Waals surface area (Å²) in [6.45, 7) is 4.18. The summed E-state index contributed by atoms with van der Waals surface area (Å²) in [4.78, 5) is 0. The smallest absolute Gasteiger partial charge is 0.124 e. The van der Waals surface area contributed by atoms with E-state index in [4.69, 9.17) is 22.1 Å². The van der Waals surface area contributed by atoms with Crippen molar-refractivity contribution in [3.8, 4) is 5.75 Å². The van der Waals surface area contributed by atoms with Crippen molar-refractivity contribution < 1.29 is 4.74 Å².